The number of hydrogen-bond donors (Lipinski definition) is 3. The maximum atomic E-state index is 11.9. The summed E-state index contributed by atoms with van der Waals surface area (Å²) in [6, 6.07) is 7.97. The van der Waals surface area contributed by atoms with Gasteiger partial charge in [0.05, 0.1) is 11.4 Å². The van der Waals surface area contributed by atoms with Crippen molar-refractivity contribution >= 4 is 58.5 Å². The third kappa shape index (κ3) is 8.18. The fraction of sp³-hybridized carbons (Fsp3) is 0.474. The van der Waals surface area contributed by atoms with E-state index in [1.165, 1.54) is 16.2 Å². The van der Waals surface area contributed by atoms with E-state index in [2.05, 4.69) is 54.2 Å². The number of guanidine groups is 1. The molecule has 0 spiro atoms. The number of hydrogen-bond acceptors (Lipinski definition) is 4. The minimum Gasteiger partial charge on any atom is -0.357 e. The summed E-state index contributed by atoms with van der Waals surface area (Å²) in [5, 5.41) is 13.6. The van der Waals surface area contributed by atoms with Gasteiger partial charge in [-0.3, -0.25) is 9.79 Å². The Morgan fingerprint density at radius 2 is 1.78 bits per heavy atom. The smallest absolute Gasteiger partial charge is 0.261 e. The van der Waals surface area contributed by atoms with Crippen LogP contribution in [0, 0.1) is 0 Å². The molecule has 0 fully saturated rings. The van der Waals surface area contributed by atoms with Crippen molar-refractivity contribution in [2.45, 2.75) is 32.6 Å². The second-order valence-electron chi connectivity index (χ2n) is 6.57. The van der Waals surface area contributed by atoms with Gasteiger partial charge in [-0.1, -0.05) is 26.0 Å². The number of thiophene rings is 2. The molecule has 8 heteroatoms. The number of aliphatic imine (C=N–C) groups is 1. The largest absolute Gasteiger partial charge is 0.357 e. The van der Waals surface area contributed by atoms with Crippen molar-refractivity contribution in [2.75, 3.05) is 26.2 Å². The number of carbonyl (C=O) groups excluding carboxylic acids is 1. The number of rotatable bonds is 9. The third-order valence-electron chi connectivity index (χ3n) is 3.84. The van der Waals surface area contributed by atoms with Crippen LogP contribution < -0.4 is 16.0 Å². The summed E-state index contributed by atoms with van der Waals surface area (Å²) < 4.78 is 0. The molecule has 150 valence electrons. The van der Waals surface area contributed by atoms with Crippen molar-refractivity contribution in [3.63, 3.8) is 0 Å². The summed E-state index contributed by atoms with van der Waals surface area (Å²) in [7, 11) is 0. The molecule has 0 atom stereocenters. The first-order valence-corrected chi connectivity index (χ1v) is 10.7. The van der Waals surface area contributed by atoms with Crippen molar-refractivity contribution in [2.24, 2.45) is 4.99 Å². The molecule has 0 aliphatic heterocycles. The molecule has 5 nitrogen and oxygen atoms in total. The van der Waals surface area contributed by atoms with E-state index in [1.807, 2.05) is 17.5 Å². The predicted octanol–water partition coefficient (Wildman–Crippen LogP) is 4.08. The maximum absolute atomic E-state index is 11.9. The zero-order valence-corrected chi connectivity index (χ0v) is 20.0. The van der Waals surface area contributed by atoms with Gasteiger partial charge in [0.1, 0.15) is 0 Å². The van der Waals surface area contributed by atoms with E-state index >= 15 is 0 Å². The summed E-state index contributed by atoms with van der Waals surface area (Å²) in [6.07, 6.45) is 0.843. The monoisotopic (exact) mass is 520 g/mol. The molecular weight excluding hydrogens is 491 g/mol. The van der Waals surface area contributed by atoms with Gasteiger partial charge in [0, 0.05) is 29.9 Å². The molecule has 0 aliphatic rings. The van der Waals surface area contributed by atoms with E-state index in [-0.39, 0.29) is 35.3 Å². The fourth-order valence-corrected chi connectivity index (χ4v) is 3.84. The molecule has 0 saturated carbocycles. The molecule has 0 radical (unpaired) electrons. The fourth-order valence-electron chi connectivity index (χ4n) is 2.35. The van der Waals surface area contributed by atoms with Crippen LogP contribution in [0.1, 0.15) is 41.7 Å². The van der Waals surface area contributed by atoms with Crippen LogP contribution >= 0.6 is 46.7 Å². The summed E-state index contributed by atoms with van der Waals surface area (Å²) in [5.74, 6) is 0.819. The zero-order valence-electron chi connectivity index (χ0n) is 16.1. The molecule has 0 aromatic carbocycles. The second-order valence-corrected chi connectivity index (χ2v) is 8.47. The van der Waals surface area contributed by atoms with E-state index in [4.69, 9.17) is 4.99 Å². The van der Waals surface area contributed by atoms with Crippen molar-refractivity contribution < 1.29 is 4.79 Å². The van der Waals surface area contributed by atoms with Crippen LogP contribution in [0.25, 0.3) is 0 Å². The first-order chi connectivity index (χ1) is 12.5. The Kier molecular flexibility index (Phi) is 10.9. The highest BCUT2D eigenvalue weighted by molar-refractivity contribution is 14.0. The lowest BCUT2D eigenvalue weighted by Gasteiger charge is -2.21. The van der Waals surface area contributed by atoms with Crippen LogP contribution in [0.15, 0.2) is 40.0 Å². The van der Waals surface area contributed by atoms with E-state index in [0.29, 0.717) is 6.54 Å². The van der Waals surface area contributed by atoms with Crippen molar-refractivity contribution in [1.29, 1.82) is 0 Å². The third-order valence-corrected chi connectivity index (χ3v) is 5.95. The van der Waals surface area contributed by atoms with Crippen molar-refractivity contribution in [3.05, 3.63) is 44.8 Å². The van der Waals surface area contributed by atoms with Gasteiger partial charge in [0.25, 0.3) is 5.91 Å². The van der Waals surface area contributed by atoms with E-state index in [1.54, 1.807) is 11.3 Å². The molecule has 0 bridgehead atoms. The average molecular weight is 521 g/mol. The van der Waals surface area contributed by atoms with Crippen LogP contribution in [0.5, 0.6) is 0 Å². The molecule has 2 heterocycles. The maximum Gasteiger partial charge on any atom is 0.261 e. The number of nitrogens with one attached hydrogen (secondary N) is 3. The lowest BCUT2D eigenvalue weighted by molar-refractivity contribution is 0.0957. The molecule has 0 unspecified atom stereocenters. The molecule has 2 aromatic rings. The lowest BCUT2D eigenvalue weighted by atomic mass is 9.92. The Hall–Kier alpha value is -1.13. The molecule has 2 aromatic heterocycles. The molecule has 3 N–H and O–H groups in total. The van der Waals surface area contributed by atoms with Gasteiger partial charge in [-0.15, -0.1) is 46.7 Å². The molecule has 0 aliphatic carbocycles. The van der Waals surface area contributed by atoms with Crippen molar-refractivity contribution in [3.8, 4) is 0 Å². The number of nitrogens with zero attached hydrogens (tertiary/aromatic N) is 1. The zero-order chi connectivity index (χ0) is 18.8. The molecule has 0 saturated heterocycles. The Bertz CT molecular complexity index is 685. The van der Waals surface area contributed by atoms with Gasteiger partial charge in [0.2, 0.25) is 0 Å². The van der Waals surface area contributed by atoms with Crippen LogP contribution in [-0.4, -0.2) is 38.0 Å². The molecule has 2 rings (SSSR count). The Morgan fingerprint density at radius 1 is 1.07 bits per heavy atom. The van der Waals surface area contributed by atoms with Crippen LogP contribution in [0.3, 0.4) is 0 Å². The minimum atomic E-state index is -0.00160. The molecule has 1 amide bonds. The topological polar surface area (TPSA) is 65.5 Å². The SMILES string of the molecule is CCNC(=NCC(C)(C)c1cccs1)NCCCNC(=O)c1cccs1.I. The Labute approximate surface area is 187 Å². The highest BCUT2D eigenvalue weighted by Crippen LogP contribution is 2.27. The normalized spacial score (nSPS) is 11.6. The minimum absolute atomic E-state index is 0. The quantitative estimate of drug-likeness (QED) is 0.202. The van der Waals surface area contributed by atoms with Gasteiger partial charge in [0.15, 0.2) is 5.96 Å². The summed E-state index contributed by atoms with van der Waals surface area (Å²) in [5.41, 5.74) is 0.0190. The van der Waals surface area contributed by atoms with Gasteiger partial charge < -0.3 is 16.0 Å². The van der Waals surface area contributed by atoms with E-state index in [9.17, 15) is 4.79 Å². The van der Waals surface area contributed by atoms with E-state index in [0.717, 1.165) is 36.9 Å². The molecular formula is C19H29IN4OS2. The Balaban J connectivity index is 0.00000364. The van der Waals surface area contributed by atoms with Crippen LogP contribution in [0.4, 0.5) is 0 Å². The van der Waals surface area contributed by atoms with E-state index < -0.39 is 0 Å². The Morgan fingerprint density at radius 3 is 2.41 bits per heavy atom. The van der Waals surface area contributed by atoms with Gasteiger partial charge in [-0.2, -0.15) is 0 Å². The van der Waals surface area contributed by atoms with Crippen LogP contribution in [-0.2, 0) is 5.41 Å². The summed E-state index contributed by atoms with van der Waals surface area (Å²) in [6.45, 7) is 9.43. The number of halogens is 1. The van der Waals surface area contributed by atoms with Gasteiger partial charge >= 0.3 is 0 Å². The second kappa shape index (κ2) is 12.4. The first-order valence-electron chi connectivity index (χ1n) is 8.91. The average Bonchev–Trinajstić information content (AvgIpc) is 3.32. The highest BCUT2D eigenvalue weighted by atomic mass is 127. The number of carbonyl (C=O) groups is 1. The van der Waals surface area contributed by atoms with Gasteiger partial charge in [-0.25, -0.2) is 0 Å². The number of amides is 1. The summed E-state index contributed by atoms with van der Waals surface area (Å²) in [4.78, 5) is 18.7. The van der Waals surface area contributed by atoms with Crippen molar-refractivity contribution in [1.82, 2.24) is 16.0 Å². The summed E-state index contributed by atoms with van der Waals surface area (Å²) >= 11 is 3.23. The van der Waals surface area contributed by atoms with Gasteiger partial charge in [-0.05, 0) is 36.2 Å². The standard InChI is InChI=1S/C19H28N4OS2.HI/c1-4-20-18(23-14-19(2,3)16-9-6-13-26-16)22-11-7-10-21-17(24)15-8-5-12-25-15;/h5-6,8-9,12-13H,4,7,10-11,14H2,1-3H3,(H,21,24)(H2,20,22,23);1H. The lowest BCUT2D eigenvalue weighted by Crippen LogP contribution is -2.39. The first kappa shape index (κ1) is 23.9. The molecule has 27 heavy (non-hydrogen) atoms. The predicted molar refractivity (Wildman–Crippen MR) is 128 cm³/mol. The highest BCUT2D eigenvalue weighted by Gasteiger charge is 2.21. The van der Waals surface area contributed by atoms with Crippen LogP contribution in [0.2, 0.25) is 0 Å².